The van der Waals surface area contributed by atoms with E-state index in [-0.39, 0.29) is 12.5 Å². The van der Waals surface area contributed by atoms with Crippen LogP contribution in [-0.4, -0.2) is 17.4 Å². The van der Waals surface area contributed by atoms with E-state index in [2.05, 4.69) is 16.9 Å². The van der Waals surface area contributed by atoms with Gasteiger partial charge in [-0.15, -0.1) is 0 Å². The van der Waals surface area contributed by atoms with E-state index in [1.807, 2.05) is 24.3 Å². The number of benzene rings is 1. The number of carbonyl (C=O) groups is 1. The van der Waals surface area contributed by atoms with E-state index in [9.17, 15) is 4.79 Å². The molecule has 2 rings (SSSR count). The Kier molecular flexibility index (Phi) is 3.40. The minimum absolute atomic E-state index is 0.198. The first-order valence-electron chi connectivity index (χ1n) is 5.13. The lowest BCUT2D eigenvalue weighted by Crippen LogP contribution is -2.24. The normalized spacial score (nSPS) is 10.2. The SMILES string of the molecule is C=C(Cl)CNC(=O)c1cccc2cccnc12. The minimum atomic E-state index is -0.198. The quantitative estimate of drug-likeness (QED) is 0.905. The maximum atomic E-state index is 11.9. The third kappa shape index (κ3) is 2.63. The van der Waals surface area contributed by atoms with Crippen LogP contribution in [0, 0.1) is 0 Å². The Labute approximate surface area is 104 Å². The number of pyridine rings is 1. The molecule has 0 saturated carbocycles. The summed E-state index contributed by atoms with van der Waals surface area (Å²) in [4.78, 5) is 16.1. The molecule has 86 valence electrons. The fourth-order valence-electron chi connectivity index (χ4n) is 1.56. The number of amides is 1. The molecule has 0 aliphatic rings. The van der Waals surface area contributed by atoms with Gasteiger partial charge in [0.15, 0.2) is 0 Å². The van der Waals surface area contributed by atoms with Gasteiger partial charge in [-0.1, -0.05) is 36.4 Å². The van der Waals surface area contributed by atoms with E-state index < -0.39 is 0 Å². The molecule has 3 nitrogen and oxygen atoms in total. The van der Waals surface area contributed by atoms with Crippen LogP contribution in [-0.2, 0) is 0 Å². The highest BCUT2D eigenvalue weighted by molar-refractivity contribution is 6.29. The van der Waals surface area contributed by atoms with Crippen LogP contribution < -0.4 is 5.32 Å². The van der Waals surface area contributed by atoms with Crippen molar-refractivity contribution in [2.45, 2.75) is 0 Å². The van der Waals surface area contributed by atoms with Crippen LogP contribution in [0.25, 0.3) is 10.9 Å². The fourth-order valence-corrected chi connectivity index (χ4v) is 1.63. The molecule has 17 heavy (non-hydrogen) atoms. The summed E-state index contributed by atoms with van der Waals surface area (Å²) in [5.41, 5.74) is 1.23. The molecule has 0 atom stereocenters. The Balaban J connectivity index is 2.35. The number of aromatic nitrogens is 1. The smallest absolute Gasteiger partial charge is 0.253 e. The first-order chi connectivity index (χ1) is 8.18. The van der Waals surface area contributed by atoms with E-state index in [1.165, 1.54) is 0 Å². The lowest BCUT2D eigenvalue weighted by Gasteiger charge is -2.06. The lowest BCUT2D eigenvalue weighted by molar-refractivity contribution is 0.0959. The number of hydrogen-bond acceptors (Lipinski definition) is 2. The van der Waals surface area contributed by atoms with Crippen molar-refractivity contribution in [3.05, 3.63) is 53.7 Å². The molecule has 0 radical (unpaired) electrons. The first kappa shape index (κ1) is 11.6. The molecule has 2 aromatic rings. The van der Waals surface area contributed by atoms with Crippen molar-refractivity contribution in [1.82, 2.24) is 10.3 Å². The number of hydrogen-bond donors (Lipinski definition) is 1. The van der Waals surface area contributed by atoms with Gasteiger partial charge >= 0.3 is 0 Å². The van der Waals surface area contributed by atoms with Gasteiger partial charge in [0.05, 0.1) is 17.6 Å². The largest absolute Gasteiger partial charge is 0.347 e. The molecule has 0 saturated heterocycles. The average Bonchev–Trinajstić information content (AvgIpc) is 2.35. The van der Waals surface area contributed by atoms with Crippen molar-refractivity contribution in [2.24, 2.45) is 0 Å². The molecule has 1 aromatic heterocycles. The van der Waals surface area contributed by atoms with Crippen LogP contribution in [0.1, 0.15) is 10.4 Å². The molecule has 0 aliphatic heterocycles. The van der Waals surface area contributed by atoms with E-state index in [4.69, 9.17) is 11.6 Å². The minimum Gasteiger partial charge on any atom is -0.347 e. The van der Waals surface area contributed by atoms with Crippen molar-refractivity contribution in [1.29, 1.82) is 0 Å². The highest BCUT2D eigenvalue weighted by atomic mass is 35.5. The maximum Gasteiger partial charge on any atom is 0.253 e. The monoisotopic (exact) mass is 246 g/mol. The molecule has 1 amide bonds. The maximum absolute atomic E-state index is 11.9. The molecule has 1 N–H and O–H groups in total. The Morgan fingerprint density at radius 1 is 1.35 bits per heavy atom. The summed E-state index contributed by atoms with van der Waals surface area (Å²) in [6.45, 7) is 3.77. The third-order valence-electron chi connectivity index (χ3n) is 2.32. The topological polar surface area (TPSA) is 42.0 Å². The second-order valence-corrected chi connectivity index (χ2v) is 4.12. The molecule has 0 bridgehead atoms. The highest BCUT2D eigenvalue weighted by Crippen LogP contribution is 2.15. The fraction of sp³-hybridized carbons (Fsp3) is 0.0769. The standard InChI is InChI=1S/C13H11ClN2O/c1-9(14)8-16-13(17)11-6-2-4-10-5-3-7-15-12(10)11/h2-7H,1,8H2,(H,16,17). The summed E-state index contributed by atoms with van der Waals surface area (Å²) >= 11 is 5.60. The summed E-state index contributed by atoms with van der Waals surface area (Å²) in [6.07, 6.45) is 1.67. The summed E-state index contributed by atoms with van der Waals surface area (Å²) in [7, 11) is 0. The van der Waals surface area contributed by atoms with Crippen LogP contribution in [0.3, 0.4) is 0 Å². The molecular formula is C13H11ClN2O. The molecule has 0 fully saturated rings. The van der Waals surface area contributed by atoms with Gasteiger partial charge in [0.2, 0.25) is 0 Å². The number of fused-ring (bicyclic) bond motifs is 1. The van der Waals surface area contributed by atoms with Crippen LogP contribution in [0.2, 0.25) is 0 Å². The molecule has 1 aromatic carbocycles. The van der Waals surface area contributed by atoms with Crippen molar-refractivity contribution in [2.75, 3.05) is 6.54 Å². The number of rotatable bonds is 3. The van der Waals surface area contributed by atoms with Crippen LogP contribution >= 0.6 is 11.6 Å². The van der Waals surface area contributed by atoms with Gasteiger partial charge in [0.25, 0.3) is 5.91 Å². The lowest BCUT2D eigenvalue weighted by atomic mass is 10.1. The summed E-state index contributed by atoms with van der Waals surface area (Å²) in [5, 5.41) is 4.01. The zero-order valence-electron chi connectivity index (χ0n) is 9.11. The van der Waals surface area contributed by atoms with Gasteiger partial charge in [0.1, 0.15) is 0 Å². The second kappa shape index (κ2) is 4.97. The van der Waals surface area contributed by atoms with Gasteiger partial charge in [-0.05, 0) is 12.1 Å². The number of para-hydroxylation sites is 1. The summed E-state index contributed by atoms with van der Waals surface area (Å²) < 4.78 is 0. The molecule has 0 spiro atoms. The van der Waals surface area contributed by atoms with Crippen molar-refractivity contribution in [3.63, 3.8) is 0 Å². The van der Waals surface area contributed by atoms with E-state index in [0.29, 0.717) is 16.1 Å². The Morgan fingerprint density at radius 3 is 2.88 bits per heavy atom. The Hall–Kier alpha value is -1.87. The number of carbonyl (C=O) groups excluding carboxylic acids is 1. The van der Waals surface area contributed by atoms with Crippen LogP contribution in [0.4, 0.5) is 0 Å². The molecule has 0 aliphatic carbocycles. The van der Waals surface area contributed by atoms with E-state index >= 15 is 0 Å². The zero-order chi connectivity index (χ0) is 12.3. The zero-order valence-corrected chi connectivity index (χ0v) is 9.87. The number of halogens is 1. The first-order valence-corrected chi connectivity index (χ1v) is 5.51. The van der Waals surface area contributed by atoms with E-state index in [1.54, 1.807) is 12.3 Å². The Morgan fingerprint density at radius 2 is 2.12 bits per heavy atom. The predicted molar refractivity (Wildman–Crippen MR) is 69.1 cm³/mol. The molecule has 0 unspecified atom stereocenters. The molecular weight excluding hydrogens is 236 g/mol. The summed E-state index contributed by atoms with van der Waals surface area (Å²) in [6, 6.07) is 9.24. The molecule has 4 heteroatoms. The van der Waals surface area contributed by atoms with Gasteiger partial charge in [-0.25, -0.2) is 0 Å². The van der Waals surface area contributed by atoms with Gasteiger partial charge in [-0.2, -0.15) is 0 Å². The van der Waals surface area contributed by atoms with Gasteiger partial charge in [0, 0.05) is 16.6 Å². The third-order valence-corrected chi connectivity index (χ3v) is 2.45. The van der Waals surface area contributed by atoms with E-state index in [0.717, 1.165) is 5.39 Å². The van der Waals surface area contributed by atoms with Crippen LogP contribution in [0.15, 0.2) is 48.1 Å². The highest BCUT2D eigenvalue weighted by Gasteiger charge is 2.09. The van der Waals surface area contributed by atoms with Crippen molar-refractivity contribution >= 4 is 28.4 Å². The van der Waals surface area contributed by atoms with Gasteiger partial charge in [-0.3, -0.25) is 9.78 Å². The Bertz CT molecular complexity index is 575. The molecule has 1 heterocycles. The van der Waals surface area contributed by atoms with Crippen LogP contribution in [0.5, 0.6) is 0 Å². The number of nitrogens with zero attached hydrogens (tertiary/aromatic N) is 1. The number of nitrogens with one attached hydrogen (secondary N) is 1. The van der Waals surface area contributed by atoms with Crippen molar-refractivity contribution in [3.8, 4) is 0 Å². The predicted octanol–water partition coefficient (Wildman–Crippen LogP) is 2.72. The summed E-state index contributed by atoms with van der Waals surface area (Å²) in [5.74, 6) is -0.198. The van der Waals surface area contributed by atoms with Gasteiger partial charge < -0.3 is 5.32 Å². The average molecular weight is 247 g/mol. The second-order valence-electron chi connectivity index (χ2n) is 3.58. The van der Waals surface area contributed by atoms with Crippen molar-refractivity contribution < 1.29 is 4.79 Å².